The summed E-state index contributed by atoms with van der Waals surface area (Å²) in [6, 6.07) is 1.83. The average molecular weight is 295 g/mol. The Morgan fingerprint density at radius 1 is 1.40 bits per heavy atom. The monoisotopic (exact) mass is 295 g/mol. The number of rotatable bonds is 9. The van der Waals surface area contributed by atoms with E-state index in [2.05, 4.69) is 17.2 Å². The predicted octanol–water partition coefficient (Wildman–Crippen LogP) is 1.86. The molecule has 110 valence electrons. The molecule has 1 N–H and O–H groups in total. The van der Waals surface area contributed by atoms with E-state index in [-0.39, 0.29) is 5.56 Å². The van der Waals surface area contributed by atoms with Crippen molar-refractivity contribution in [1.82, 2.24) is 14.9 Å². The van der Waals surface area contributed by atoms with Crippen LogP contribution in [0.25, 0.3) is 10.2 Å². The van der Waals surface area contributed by atoms with E-state index in [1.54, 1.807) is 10.9 Å². The van der Waals surface area contributed by atoms with Crippen LogP contribution < -0.4 is 10.9 Å². The maximum atomic E-state index is 12.1. The minimum Gasteiger partial charge on any atom is -0.380 e. The molecule has 0 aliphatic carbocycles. The fourth-order valence-electron chi connectivity index (χ4n) is 1.87. The maximum absolute atomic E-state index is 12.1. The van der Waals surface area contributed by atoms with Gasteiger partial charge in [-0.3, -0.25) is 9.36 Å². The lowest BCUT2D eigenvalue weighted by molar-refractivity contribution is 0.133. The molecule has 5 nitrogen and oxygen atoms in total. The summed E-state index contributed by atoms with van der Waals surface area (Å²) in [5.74, 6) is 0. The Morgan fingerprint density at radius 2 is 2.30 bits per heavy atom. The topological polar surface area (TPSA) is 56.1 Å². The normalized spacial score (nSPS) is 11.2. The van der Waals surface area contributed by atoms with Gasteiger partial charge in [0, 0.05) is 26.2 Å². The Kier molecular flexibility index (Phi) is 6.17. The van der Waals surface area contributed by atoms with Crippen LogP contribution in [-0.4, -0.2) is 35.9 Å². The summed E-state index contributed by atoms with van der Waals surface area (Å²) in [5.41, 5.74) is 0.0391. The highest BCUT2D eigenvalue weighted by Gasteiger charge is 2.04. The molecule has 0 saturated carbocycles. The zero-order chi connectivity index (χ0) is 14.2. The second kappa shape index (κ2) is 8.14. The number of thiophene rings is 1. The molecule has 2 aromatic rings. The molecule has 0 saturated heterocycles. The maximum Gasteiger partial charge on any atom is 0.262 e. The van der Waals surface area contributed by atoms with Crippen LogP contribution in [0.1, 0.15) is 19.8 Å². The quantitative estimate of drug-likeness (QED) is 0.718. The molecular weight excluding hydrogens is 274 g/mol. The SMILES string of the molecule is CCCCOCCNCCn1cnc2sccc2c1=O. The minimum absolute atomic E-state index is 0.0391. The Morgan fingerprint density at radius 3 is 3.15 bits per heavy atom. The van der Waals surface area contributed by atoms with Crippen molar-refractivity contribution < 1.29 is 4.74 Å². The molecule has 6 heteroatoms. The first-order valence-electron chi connectivity index (χ1n) is 7.04. The molecule has 2 rings (SSSR count). The highest BCUT2D eigenvalue weighted by Crippen LogP contribution is 2.12. The van der Waals surface area contributed by atoms with E-state index in [1.807, 2.05) is 11.4 Å². The van der Waals surface area contributed by atoms with Gasteiger partial charge in [-0.15, -0.1) is 11.3 Å². The number of fused-ring (bicyclic) bond motifs is 1. The Bertz CT molecular complexity index is 579. The number of ether oxygens (including phenoxy) is 1. The minimum atomic E-state index is 0.0391. The van der Waals surface area contributed by atoms with Gasteiger partial charge in [-0.05, 0) is 17.9 Å². The highest BCUT2D eigenvalue weighted by atomic mass is 32.1. The molecular formula is C14H21N3O2S. The summed E-state index contributed by atoms with van der Waals surface area (Å²) in [4.78, 5) is 17.2. The van der Waals surface area contributed by atoms with Gasteiger partial charge in [0.1, 0.15) is 4.83 Å². The first-order chi connectivity index (χ1) is 9.83. The van der Waals surface area contributed by atoms with Gasteiger partial charge >= 0.3 is 0 Å². The number of hydrogen-bond acceptors (Lipinski definition) is 5. The van der Waals surface area contributed by atoms with Crippen LogP contribution in [0, 0.1) is 0 Å². The summed E-state index contributed by atoms with van der Waals surface area (Å²) in [7, 11) is 0. The van der Waals surface area contributed by atoms with Crippen molar-refractivity contribution in [2.75, 3.05) is 26.3 Å². The van der Waals surface area contributed by atoms with Gasteiger partial charge in [-0.1, -0.05) is 13.3 Å². The van der Waals surface area contributed by atoms with Gasteiger partial charge in [-0.2, -0.15) is 0 Å². The van der Waals surface area contributed by atoms with E-state index in [4.69, 9.17) is 4.74 Å². The molecule has 2 aromatic heterocycles. The van der Waals surface area contributed by atoms with Crippen LogP contribution in [0.2, 0.25) is 0 Å². The fourth-order valence-corrected chi connectivity index (χ4v) is 2.59. The molecule has 0 aromatic carbocycles. The molecule has 0 amide bonds. The van der Waals surface area contributed by atoms with Gasteiger partial charge < -0.3 is 10.1 Å². The lowest BCUT2D eigenvalue weighted by Crippen LogP contribution is -2.29. The molecule has 0 aliphatic heterocycles. The van der Waals surface area contributed by atoms with Crippen molar-refractivity contribution in [3.05, 3.63) is 28.1 Å². The third-order valence-electron chi connectivity index (χ3n) is 3.05. The standard InChI is InChI=1S/C14H21N3O2S/c1-2-3-8-19-9-6-15-5-7-17-11-16-13-12(14(17)18)4-10-20-13/h4,10-11,15H,2-3,5-9H2,1H3. The van der Waals surface area contributed by atoms with Crippen LogP contribution in [0.3, 0.4) is 0 Å². The molecule has 2 heterocycles. The summed E-state index contributed by atoms with van der Waals surface area (Å²) >= 11 is 1.49. The zero-order valence-corrected chi connectivity index (χ0v) is 12.6. The molecule has 0 spiro atoms. The van der Waals surface area contributed by atoms with Crippen molar-refractivity contribution in [2.24, 2.45) is 0 Å². The van der Waals surface area contributed by atoms with E-state index in [1.165, 1.54) is 11.3 Å². The second-order valence-electron chi connectivity index (χ2n) is 4.60. The number of unbranched alkanes of at least 4 members (excludes halogenated alkanes) is 1. The lowest BCUT2D eigenvalue weighted by atomic mass is 10.4. The van der Waals surface area contributed by atoms with Crippen LogP contribution in [0.5, 0.6) is 0 Å². The van der Waals surface area contributed by atoms with Gasteiger partial charge in [0.05, 0.1) is 18.3 Å². The van der Waals surface area contributed by atoms with Crippen LogP contribution in [0.15, 0.2) is 22.6 Å². The van der Waals surface area contributed by atoms with E-state index in [0.717, 1.165) is 44.0 Å². The molecule has 0 radical (unpaired) electrons. The van der Waals surface area contributed by atoms with Gasteiger partial charge in [0.15, 0.2) is 0 Å². The Hall–Kier alpha value is -1.24. The Labute approximate surface area is 122 Å². The largest absolute Gasteiger partial charge is 0.380 e. The zero-order valence-electron chi connectivity index (χ0n) is 11.8. The molecule has 0 atom stereocenters. The molecule has 0 fully saturated rings. The third-order valence-corrected chi connectivity index (χ3v) is 3.87. The first-order valence-corrected chi connectivity index (χ1v) is 7.92. The molecule has 20 heavy (non-hydrogen) atoms. The van der Waals surface area contributed by atoms with E-state index < -0.39 is 0 Å². The molecule has 0 bridgehead atoms. The number of nitrogens with one attached hydrogen (secondary N) is 1. The number of aromatic nitrogens is 2. The second-order valence-corrected chi connectivity index (χ2v) is 5.49. The van der Waals surface area contributed by atoms with Crippen molar-refractivity contribution in [3.63, 3.8) is 0 Å². The van der Waals surface area contributed by atoms with Crippen LogP contribution >= 0.6 is 11.3 Å². The first kappa shape index (κ1) is 15.2. The van der Waals surface area contributed by atoms with Gasteiger partial charge in [-0.25, -0.2) is 4.98 Å². The Balaban J connectivity index is 1.71. The molecule has 0 aliphatic rings. The fraction of sp³-hybridized carbons (Fsp3) is 0.571. The number of nitrogens with zero attached hydrogens (tertiary/aromatic N) is 2. The van der Waals surface area contributed by atoms with Crippen molar-refractivity contribution in [3.8, 4) is 0 Å². The van der Waals surface area contributed by atoms with E-state index >= 15 is 0 Å². The smallest absolute Gasteiger partial charge is 0.262 e. The predicted molar refractivity (Wildman–Crippen MR) is 82.5 cm³/mol. The van der Waals surface area contributed by atoms with Crippen LogP contribution in [-0.2, 0) is 11.3 Å². The lowest BCUT2D eigenvalue weighted by Gasteiger charge is -2.07. The third kappa shape index (κ3) is 4.13. The summed E-state index contributed by atoms with van der Waals surface area (Å²) < 4.78 is 7.11. The van der Waals surface area contributed by atoms with Gasteiger partial charge in [0.25, 0.3) is 5.56 Å². The van der Waals surface area contributed by atoms with Crippen LogP contribution in [0.4, 0.5) is 0 Å². The van der Waals surface area contributed by atoms with Crippen molar-refractivity contribution >= 4 is 21.6 Å². The van der Waals surface area contributed by atoms with Gasteiger partial charge in [0.2, 0.25) is 0 Å². The average Bonchev–Trinajstić information content (AvgIpc) is 2.93. The summed E-state index contributed by atoms with van der Waals surface area (Å²) in [5, 5.41) is 5.88. The molecule has 0 unspecified atom stereocenters. The van der Waals surface area contributed by atoms with E-state index in [9.17, 15) is 4.79 Å². The summed E-state index contributed by atoms with van der Waals surface area (Å²) in [6.45, 7) is 5.89. The van der Waals surface area contributed by atoms with Crippen molar-refractivity contribution in [1.29, 1.82) is 0 Å². The summed E-state index contributed by atoms with van der Waals surface area (Å²) in [6.07, 6.45) is 3.90. The highest BCUT2D eigenvalue weighted by molar-refractivity contribution is 7.16. The van der Waals surface area contributed by atoms with E-state index in [0.29, 0.717) is 11.9 Å². The van der Waals surface area contributed by atoms with Crippen molar-refractivity contribution in [2.45, 2.75) is 26.3 Å². The number of hydrogen-bond donors (Lipinski definition) is 1.